The molecular weight excluding hydrogens is 256 g/mol. The van der Waals surface area contributed by atoms with Crippen molar-refractivity contribution in [3.8, 4) is 0 Å². The Hall–Kier alpha value is -0.200. The molecule has 1 saturated carbocycles. The SMILES string of the molecule is CCOCCN(CCOCC)C(CN)(COC)C1CC1. The molecule has 1 aliphatic carbocycles. The smallest absolute Gasteiger partial charge is 0.0661 e. The van der Waals surface area contributed by atoms with Crippen LogP contribution in [0.5, 0.6) is 0 Å². The van der Waals surface area contributed by atoms with E-state index in [1.165, 1.54) is 12.8 Å². The molecule has 0 radical (unpaired) electrons. The van der Waals surface area contributed by atoms with Crippen LogP contribution in [0.3, 0.4) is 0 Å². The lowest BCUT2D eigenvalue weighted by Gasteiger charge is -2.43. The van der Waals surface area contributed by atoms with Crippen molar-refractivity contribution in [3.63, 3.8) is 0 Å². The summed E-state index contributed by atoms with van der Waals surface area (Å²) < 4.78 is 16.5. The molecule has 1 atom stereocenters. The van der Waals surface area contributed by atoms with Crippen LogP contribution in [0.1, 0.15) is 26.7 Å². The third-order valence-electron chi connectivity index (χ3n) is 4.13. The van der Waals surface area contributed by atoms with Crippen molar-refractivity contribution in [2.24, 2.45) is 11.7 Å². The number of hydrogen-bond acceptors (Lipinski definition) is 5. The summed E-state index contributed by atoms with van der Waals surface area (Å²) in [6.45, 7) is 10.1. The maximum Gasteiger partial charge on any atom is 0.0661 e. The number of rotatable bonds is 13. The van der Waals surface area contributed by atoms with Crippen LogP contribution in [0.25, 0.3) is 0 Å². The fraction of sp³-hybridized carbons (Fsp3) is 1.00. The first-order chi connectivity index (χ1) is 9.75. The number of methoxy groups -OCH3 is 1. The standard InChI is InChI=1S/C15H32N2O3/c1-4-19-10-8-17(9-11-20-5-2)15(12-16,13-18-3)14-6-7-14/h14H,4-13,16H2,1-3H3. The number of ether oxygens (including phenoxy) is 3. The fourth-order valence-electron chi connectivity index (χ4n) is 2.89. The second kappa shape index (κ2) is 9.68. The van der Waals surface area contributed by atoms with Crippen molar-refractivity contribution < 1.29 is 14.2 Å². The minimum Gasteiger partial charge on any atom is -0.383 e. The van der Waals surface area contributed by atoms with Crippen LogP contribution >= 0.6 is 0 Å². The minimum absolute atomic E-state index is 0.0526. The van der Waals surface area contributed by atoms with Gasteiger partial charge in [-0.25, -0.2) is 0 Å². The molecule has 120 valence electrons. The highest BCUT2D eigenvalue weighted by Gasteiger charge is 2.48. The van der Waals surface area contributed by atoms with E-state index in [1.807, 2.05) is 13.8 Å². The Kier molecular flexibility index (Phi) is 8.64. The Labute approximate surface area is 123 Å². The topological polar surface area (TPSA) is 57.0 Å². The van der Waals surface area contributed by atoms with E-state index in [2.05, 4.69) is 4.90 Å². The van der Waals surface area contributed by atoms with Gasteiger partial charge in [0, 0.05) is 40.0 Å². The maximum absolute atomic E-state index is 6.14. The van der Waals surface area contributed by atoms with Gasteiger partial charge in [0.2, 0.25) is 0 Å². The highest BCUT2D eigenvalue weighted by atomic mass is 16.5. The van der Waals surface area contributed by atoms with Crippen LogP contribution < -0.4 is 5.73 Å². The Morgan fingerprint density at radius 3 is 2.00 bits per heavy atom. The molecule has 5 heteroatoms. The summed E-state index contributed by atoms with van der Waals surface area (Å²) in [6.07, 6.45) is 2.50. The second-order valence-electron chi connectivity index (χ2n) is 5.40. The van der Waals surface area contributed by atoms with E-state index in [0.29, 0.717) is 19.1 Å². The molecule has 0 heterocycles. The Bertz CT molecular complexity index is 239. The monoisotopic (exact) mass is 288 g/mol. The third kappa shape index (κ3) is 4.97. The Morgan fingerprint density at radius 1 is 1.10 bits per heavy atom. The van der Waals surface area contributed by atoms with E-state index in [1.54, 1.807) is 7.11 Å². The summed E-state index contributed by atoms with van der Waals surface area (Å²) in [7, 11) is 1.76. The third-order valence-corrected chi connectivity index (χ3v) is 4.13. The molecule has 0 aromatic carbocycles. The van der Waals surface area contributed by atoms with Gasteiger partial charge in [-0.1, -0.05) is 0 Å². The fourth-order valence-corrected chi connectivity index (χ4v) is 2.89. The summed E-state index contributed by atoms with van der Waals surface area (Å²) in [5, 5.41) is 0. The minimum atomic E-state index is -0.0526. The molecule has 5 nitrogen and oxygen atoms in total. The molecule has 0 saturated heterocycles. The Balaban J connectivity index is 2.67. The summed E-state index contributed by atoms with van der Waals surface area (Å²) in [5.74, 6) is 0.649. The predicted molar refractivity (Wildman–Crippen MR) is 80.9 cm³/mol. The van der Waals surface area contributed by atoms with Crippen LogP contribution in [-0.2, 0) is 14.2 Å². The molecule has 1 fully saturated rings. The lowest BCUT2D eigenvalue weighted by molar-refractivity contribution is -0.0292. The van der Waals surface area contributed by atoms with Crippen molar-refractivity contribution in [3.05, 3.63) is 0 Å². The van der Waals surface area contributed by atoms with E-state index in [9.17, 15) is 0 Å². The molecule has 1 rings (SSSR count). The molecule has 1 unspecified atom stereocenters. The van der Waals surface area contributed by atoms with Gasteiger partial charge >= 0.3 is 0 Å². The molecule has 0 aromatic rings. The zero-order chi connectivity index (χ0) is 14.8. The van der Waals surface area contributed by atoms with Crippen molar-refractivity contribution in [1.29, 1.82) is 0 Å². The van der Waals surface area contributed by atoms with Gasteiger partial charge in [-0.2, -0.15) is 0 Å². The quantitative estimate of drug-likeness (QED) is 0.515. The summed E-state index contributed by atoms with van der Waals surface area (Å²) in [6, 6.07) is 0. The molecule has 0 spiro atoms. The van der Waals surface area contributed by atoms with Crippen LogP contribution in [0.15, 0.2) is 0 Å². The van der Waals surface area contributed by atoms with E-state index in [-0.39, 0.29) is 5.54 Å². The van der Waals surface area contributed by atoms with Gasteiger partial charge in [0.25, 0.3) is 0 Å². The molecule has 0 aromatic heterocycles. The largest absolute Gasteiger partial charge is 0.383 e. The summed E-state index contributed by atoms with van der Waals surface area (Å²) >= 11 is 0. The first-order valence-electron chi connectivity index (χ1n) is 7.84. The van der Waals surface area contributed by atoms with Gasteiger partial charge in [0.1, 0.15) is 0 Å². The average Bonchev–Trinajstić information content (AvgIpc) is 3.29. The van der Waals surface area contributed by atoms with E-state index in [4.69, 9.17) is 19.9 Å². The normalized spacial score (nSPS) is 18.4. The highest BCUT2D eigenvalue weighted by molar-refractivity contribution is 5.03. The molecule has 0 bridgehead atoms. The molecule has 1 aliphatic rings. The van der Waals surface area contributed by atoms with Gasteiger partial charge in [-0.05, 0) is 32.6 Å². The van der Waals surface area contributed by atoms with Gasteiger partial charge in [-0.15, -0.1) is 0 Å². The average molecular weight is 288 g/mol. The summed E-state index contributed by atoms with van der Waals surface area (Å²) in [4.78, 5) is 2.43. The van der Waals surface area contributed by atoms with Gasteiger partial charge in [0.15, 0.2) is 0 Å². The number of nitrogens with two attached hydrogens (primary N) is 1. The van der Waals surface area contributed by atoms with Crippen molar-refractivity contribution in [2.75, 3.05) is 59.8 Å². The van der Waals surface area contributed by atoms with E-state index in [0.717, 1.165) is 39.5 Å². The molecule has 0 aliphatic heterocycles. The zero-order valence-electron chi connectivity index (χ0n) is 13.4. The lowest BCUT2D eigenvalue weighted by Crippen LogP contribution is -2.60. The lowest BCUT2D eigenvalue weighted by atomic mass is 9.91. The van der Waals surface area contributed by atoms with Crippen LogP contribution in [-0.4, -0.2) is 70.2 Å². The maximum atomic E-state index is 6.14. The Morgan fingerprint density at radius 2 is 1.65 bits per heavy atom. The zero-order valence-corrected chi connectivity index (χ0v) is 13.4. The van der Waals surface area contributed by atoms with E-state index < -0.39 is 0 Å². The van der Waals surface area contributed by atoms with Gasteiger partial charge in [0.05, 0.1) is 25.4 Å². The van der Waals surface area contributed by atoms with Crippen molar-refractivity contribution in [2.45, 2.75) is 32.2 Å². The number of nitrogens with zero attached hydrogens (tertiary/aromatic N) is 1. The first-order valence-corrected chi connectivity index (χ1v) is 7.84. The molecular formula is C15H32N2O3. The van der Waals surface area contributed by atoms with Crippen LogP contribution in [0, 0.1) is 5.92 Å². The molecule has 2 N–H and O–H groups in total. The van der Waals surface area contributed by atoms with Gasteiger partial charge < -0.3 is 19.9 Å². The first kappa shape index (κ1) is 17.9. The van der Waals surface area contributed by atoms with Crippen molar-refractivity contribution in [1.82, 2.24) is 4.90 Å². The molecule has 20 heavy (non-hydrogen) atoms. The second-order valence-corrected chi connectivity index (χ2v) is 5.40. The highest BCUT2D eigenvalue weighted by Crippen LogP contribution is 2.42. The van der Waals surface area contributed by atoms with Crippen molar-refractivity contribution >= 4 is 0 Å². The van der Waals surface area contributed by atoms with E-state index >= 15 is 0 Å². The van der Waals surface area contributed by atoms with Crippen LogP contribution in [0.4, 0.5) is 0 Å². The number of hydrogen-bond donors (Lipinski definition) is 1. The van der Waals surface area contributed by atoms with Crippen LogP contribution in [0.2, 0.25) is 0 Å². The summed E-state index contributed by atoms with van der Waals surface area (Å²) in [5.41, 5.74) is 6.09. The predicted octanol–water partition coefficient (Wildman–Crippen LogP) is 1.12. The van der Waals surface area contributed by atoms with Gasteiger partial charge in [-0.3, -0.25) is 4.90 Å². The molecule has 0 amide bonds.